The van der Waals surface area contributed by atoms with Crippen molar-refractivity contribution in [2.75, 3.05) is 6.61 Å². The summed E-state index contributed by atoms with van der Waals surface area (Å²) in [6.07, 6.45) is 6.68. The second kappa shape index (κ2) is 6.03. The Hall–Kier alpha value is -1.32. The van der Waals surface area contributed by atoms with Crippen molar-refractivity contribution in [1.29, 1.82) is 0 Å². The van der Waals surface area contributed by atoms with Gasteiger partial charge in [-0.05, 0) is 26.2 Å². The zero-order chi connectivity index (χ0) is 13.0. The molecular weight excluding hydrogens is 230 g/mol. The molecule has 0 spiro atoms. The number of carbonyl (C=O) groups is 1. The van der Waals surface area contributed by atoms with Gasteiger partial charge >= 0.3 is 5.97 Å². The van der Waals surface area contributed by atoms with Crippen LogP contribution in [0.2, 0.25) is 0 Å². The molecule has 18 heavy (non-hydrogen) atoms. The zero-order valence-electron chi connectivity index (χ0n) is 11.2. The second-order valence-corrected chi connectivity index (χ2v) is 4.74. The number of ether oxygens (including phenoxy) is 1. The van der Waals surface area contributed by atoms with Crippen molar-refractivity contribution in [3.05, 3.63) is 17.3 Å². The van der Waals surface area contributed by atoms with E-state index in [0.29, 0.717) is 24.7 Å². The first-order chi connectivity index (χ1) is 8.76. The van der Waals surface area contributed by atoms with Crippen molar-refractivity contribution in [2.24, 2.45) is 0 Å². The van der Waals surface area contributed by atoms with Gasteiger partial charge in [-0.3, -0.25) is 0 Å². The molecule has 0 radical (unpaired) electrons. The predicted molar refractivity (Wildman–Crippen MR) is 67.7 cm³/mol. The smallest absolute Gasteiger partial charge is 0.376 e. The molecule has 0 aliphatic heterocycles. The molecule has 4 heteroatoms. The Bertz CT molecular complexity index is 405. The summed E-state index contributed by atoms with van der Waals surface area (Å²) in [4.78, 5) is 16.3. The highest BCUT2D eigenvalue weighted by Gasteiger charge is 2.25. The predicted octanol–water partition coefficient (Wildman–Crippen LogP) is 3.46. The highest BCUT2D eigenvalue weighted by molar-refractivity contribution is 5.87. The lowest BCUT2D eigenvalue weighted by Gasteiger charge is -2.17. The molecular formula is C14H21NO3. The van der Waals surface area contributed by atoms with Crippen LogP contribution in [0, 0.1) is 0 Å². The third kappa shape index (κ3) is 2.74. The molecule has 0 amide bonds. The zero-order valence-corrected chi connectivity index (χ0v) is 11.2. The molecule has 4 nitrogen and oxygen atoms in total. The van der Waals surface area contributed by atoms with E-state index in [9.17, 15) is 4.79 Å². The minimum atomic E-state index is -0.385. The van der Waals surface area contributed by atoms with Crippen LogP contribution in [-0.2, 0) is 11.2 Å². The lowest BCUT2D eigenvalue weighted by molar-refractivity contribution is 0.0485. The molecule has 1 aliphatic carbocycles. The highest BCUT2D eigenvalue weighted by Crippen LogP contribution is 2.33. The van der Waals surface area contributed by atoms with Crippen molar-refractivity contribution in [3.8, 4) is 0 Å². The summed E-state index contributed by atoms with van der Waals surface area (Å²) in [5.41, 5.74) is 0.731. The first-order valence-corrected chi connectivity index (χ1v) is 6.93. The SMILES string of the molecule is CCOC(=O)c1oc(C2CCCCC2)nc1CC. The summed E-state index contributed by atoms with van der Waals surface area (Å²) < 4.78 is 10.7. The first-order valence-electron chi connectivity index (χ1n) is 6.93. The number of hydrogen-bond donors (Lipinski definition) is 0. The largest absolute Gasteiger partial charge is 0.460 e. The van der Waals surface area contributed by atoms with Crippen molar-refractivity contribution in [3.63, 3.8) is 0 Å². The number of carbonyl (C=O) groups excluding carboxylic acids is 1. The monoisotopic (exact) mass is 251 g/mol. The molecule has 1 aliphatic rings. The van der Waals surface area contributed by atoms with Crippen molar-refractivity contribution >= 4 is 5.97 Å². The van der Waals surface area contributed by atoms with Crippen LogP contribution in [0.5, 0.6) is 0 Å². The average molecular weight is 251 g/mol. The fourth-order valence-corrected chi connectivity index (χ4v) is 2.49. The van der Waals surface area contributed by atoms with Crippen LogP contribution < -0.4 is 0 Å². The van der Waals surface area contributed by atoms with Gasteiger partial charge in [0.05, 0.1) is 12.3 Å². The van der Waals surface area contributed by atoms with Gasteiger partial charge < -0.3 is 9.15 Å². The lowest BCUT2D eigenvalue weighted by Crippen LogP contribution is -2.06. The number of nitrogens with zero attached hydrogens (tertiary/aromatic N) is 1. The Balaban J connectivity index is 2.19. The van der Waals surface area contributed by atoms with Gasteiger partial charge in [0.2, 0.25) is 5.76 Å². The Labute approximate surface area is 108 Å². The van der Waals surface area contributed by atoms with Crippen LogP contribution in [0.1, 0.15) is 74.0 Å². The van der Waals surface area contributed by atoms with E-state index in [2.05, 4.69) is 4.98 Å². The van der Waals surface area contributed by atoms with E-state index in [1.54, 1.807) is 6.92 Å². The maximum atomic E-state index is 11.8. The van der Waals surface area contributed by atoms with Crippen LogP contribution in [0.3, 0.4) is 0 Å². The summed E-state index contributed by atoms with van der Waals surface area (Å²) in [5.74, 6) is 1.03. The van der Waals surface area contributed by atoms with Gasteiger partial charge in [-0.2, -0.15) is 0 Å². The maximum absolute atomic E-state index is 11.8. The van der Waals surface area contributed by atoms with E-state index in [1.165, 1.54) is 19.3 Å². The van der Waals surface area contributed by atoms with Gasteiger partial charge in [0, 0.05) is 5.92 Å². The number of aromatic nitrogens is 1. The molecule has 100 valence electrons. The Kier molecular flexibility index (Phi) is 4.39. The third-order valence-electron chi connectivity index (χ3n) is 3.46. The van der Waals surface area contributed by atoms with Gasteiger partial charge in [-0.15, -0.1) is 0 Å². The summed E-state index contributed by atoms with van der Waals surface area (Å²) in [5, 5.41) is 0. The molecule has 1 heterocycles. The van der Waals surface area contributed by atoms with Gasteiger partial charge in [-0.1, -0.05) is 26.2 Å². The fourth-order valence-electron chi connectivity index (χ4n) is 2.49. The van der Waals surface area contributed by atoms with Crippen LogP contribution in [0.15, 0.2) is 4.42 Å². The Morgan fingerprint density at radius 1 is 1.33 bits per heavy atom. The normalized spacial score (nSPS) is 16.8. The van der Waals surface area contributed by atoms with Gasteiger partial charge in [0.15, 0.2) is 5.89 Å². The average Bonchev–Trinajstić information content (AvgIpc) is 2.84. The topological polar surface area (TPSA) is 52.3 Å². The van der Waals surface area contributed by atoms with E-state index in [4.69, 9.17) is 9.15 Å². The van der Waals surface area contributed by atoms with Crippen molar-refractivity contribution < 1.29 is 13.9 Å². The summed E-state index contributed by atoms with van der Waals surface area (Å²) >= 11 is 0. The Morgan fingerprint density at radius 3 is 2.67 bits per heavy atom. The summed E-state index contributed by atoms with van der Waals surface area (Å²) in [6, 6.07) is 0. The molecule has 0 aromatic carbocycles. The molecule has 1 aromatic heterocycles. The van der Waals surface area contributed by atoms with Crippen molar-refractivity contribution in [1.82, 2.24) is 4.98 Å². The lowest BCUT2D eigenvalue weighted by atomic mass is 9.89. The highest BCUT2D eigenvalue weighted by atomic mass is 16.5. The molecule has 1 saturated carbocycles. The summed E-state index contributed by atoms with van der Waals surface area (Å²) in [7, 11) is 0. The minimum Gasteiger partial charge on any atom is -0.460 e. The number of hydrogen-bond acceptors (Lipinski definition) is 4. The third-order valence-corrected chi connectivity index (χ3v) is 3.46. The Morgan fingerprint density at radius 2 is 2.06 bits per heavy atom. The number of esters is 1. The fraction of sp³-hybridized carbons (Fsp3) is 0.714. The maximum Gasteiger partial charge on any atom is 0.376 e. The molecule has 0 unspecified atom stereocenters. The van der Waals surface area contributed by atoms with E-state index in [1.807, 2.05) is 6.92 Å². The van der Waals surface area contributed by atoms with Crippen LogP contribution in [0.25, 0.3) is 0 Å². The van der Waals surface area contributed by atoms with Gasteiger partial charge in [0.1, 0.15) is 0 Å². The summed E-state index contributed by atoms with van der Waals surface area (Å²) in [6.45, 7) is 4.13. The molecule has 2 rings (SSSR count). The quantitative estimate of drug-likeness (QED) is 0.769. The molecule has 0 atom stereocenters. The van der Waals surface area contributed by atoms with E-state index < -0.39 is 0 Å². The van der Waals surface area contributed by atoms with E-state index in [0.717, 1.165) is 24.4 Å². The van der Waals surface area contributed by atoms with Gasteiger partial charge in [0.25, 0.3) is 0 Å². The number of rotatable bonds is 4. The van der Waals surface area contributed by atoms with E-state index >= 15 is 0 Å². The number of oxazole rings is 1. The number of aryl methyl sites for hydroxylation is 1. The standard InChI is InChI=1S/C14H21NO3/c1-3-11-12(14(16)17-4-2)18-13(15-11)10-8-6-5-7-9-10/h10H,3-9H2,1-2H3. The molecule has 0 N–H and O–H groups in total. The first kappa shape index (κ1) is 13.1. The van der Waals surface area contributed by atoms with Crippen LogP contribution in [-0.4, -0.2) is 17.6 Å². The second-order valence-electron chi connectivity index (χ2n) is 4.74. The van der Waals surface area contributed by atoms with Crippen LogP contribution >= 0.6 is 0 Å². The molecule has 1 fully saturated rings. The molecule has 0 bridgehead atoms. The van der Waals surface area contributed by atoms with E-state index in [-0.39, 0.29) is 5.97 Å². The molecule has 1 aromatic rings. The molecule has 0 saturated heterocycles. The van der Waals surface area contributed by atoms with Crippen molar-refractivity contribution in [2.45, 2.75) is 58.3 Å². The minimum absolute atomic E-state index is 0.305. The van der Waals surface area contributed by atoms with Gasteiger partial charge in [-0.25, -0.2) is 9.78 Å². The van der Waals surface area contributed by atoms with Crippen LogP contribution in [0.4, 0.5) is 0 Å².